The lowest BCUT2D eigenvalue weighted by Gasteiger charge is -2.14. The lowest BCUT2D eigenvalue weighted by atomic mass is 10.2. The maximum absolute atomic E-state index is 9.87. The molecule has 0 radical (unpaired) electrons. The third-order valence-electron chi connectivity index (χ3n) is 2.87. The standard InChI is InChI=1S/C15H17Cl2NO2S/c16-12-1-2-14(17)15(7-12)20-9-13(19)8-18-5-3-11-4-6-21-10-11/h1-2,4,6-7,10,13,18-19H,3,5,8-9H2. The smallest absolute Gasteiger partial charge is 0.139 e. The quantitative estimate of drug-likeness (QED) is 0.718. The van der Waals surface area contributed by atoms with Crippen LogP contribution in [0.15, 0.2) is 35.0 Å². The van der Waals surface area contributed by atoms with Crippen LogP contribution in [0.4, 0.5) is 0 Å². The molecule has 0 saturated heterocycles. The Balaban J connectivity index is 1.65. The minimum Gasteiger partial charge on any atom is -0.489 e. The van der Waals surface area contributed by atoms with Crippen molar-refractivity contribution in [2.24, 2.45) is 0 Å². The van der Waals surface area contributed by atoms with Gasteiger partial charge in [0.2, 0.25) is 0 Å². The van der Waals surface area contributed by atoms with Crippen LogP contribution in [0.3, 0.4) is 0 Å². The fraction of sp³-hybridized carbons (Fsp3) is 0.333. The van der Waals surface area contributed by atoms with Crippen LogP contribution in [0.1, 0.15) is 5.56 Å². The first-order valence-corrected chi connectivity index (χ1v) is 8.32. The molecule has 0 aliphatic heterocycles. The average molecular weight is 346 g/mol. The van der Waals surface area contributed by atoms with Gasteiger partial charge in [-0.2, -0.15) is 11.3 Å². The van der Waals surface area contributed by atoms with E-state index >= 15 is 0 Å². The Morgan fingerprint density at radius 3 is 2.90 bits per heavy atom. The number of nitrogens with one attached hydrogen (secondary N) is 1. The molecule has 0 spiro atoms. The highest BCUT2D eigenvalue weighted by atomic mass is 35.5. The van der Waals surface area contributed by atoms with Crippen LogP contribution in [-0.2, 0) is 6.42 Å². The summed E-state index contributed by atoms with van der Waals surface area (Å²) in [4.78, 5) is 0. The van der Waals surface area contributed by atoms with Crippen molar-refractivity contribution in [1.29, 1.82) is 0 Å². The maximum atomic E-state index is 9.87. The molecule has 0 fully saturated rings. The zero-order valence-corrected chi connectivity index (χ0v) is 13.7. The van der Waals surface area contributed by atoms with Crippen LogP contribution in [0.2, 0.25) is 10.0 Å². The first-order chi connectivity index (χ1) is 10.1. The van der Waals surface area contributed by atoms with Gasteiger partial charge in [-0.3, -0.25) is 0 Å². The molecule has 1 heterocycles. The van der Waals surface area contributed by atoms with Crippen LogP contribution >= 0.6 is 34.5 Å². The van der Waals surface area contributed by atoms with Gasteiger partial charge in [-0.15, -0.1) is 0 Å². The van der Waals surface area contributed by atoms with Crippen LogP contribution < -0.4 is 10.1 Å². The maximum Gasteiger partial charge on any atom is 0.139 e. The molecule has 3 nitrogen and oxygen atoms in total. The lowest BCUT2D eigenvalue weighted by Crippen LogP contribution is -2.32. The third-order valence-corrected chi connectivity index (χ3v) is 4.15. The average Bonchev–Trinajstić information content (AvgIpc) is 2.98. The van der Waals surface area contributed by atoms with Crippen molar-refractivity contribution >= 4 is 34.5 Å². The monoisotopic (exact) mass is 345 g/mol. The van der Waals surface area contributed by atoms with Crippen molar-refractivity contribution in [3.8, 4) is 5.75 Å². The van der Waals surface area contributed by atoms with E-state index in [0.717, 1.165) is 13.0 Å². The fourth-order valence-corrected chi connectivity index (χ4v) is 2.81. The van der Waals surface area contributed by atoms with E-state index in [4.69, 9.17) is 27.9 Å². The van der Waals surface area contributed by atoms with Gasteiger partial charge in [0.05, 0.1) is 5.02 Å². The van der Waals surface area contributed by atoms with E-state index in [1.54, 1.807) is 29.5 Å². The molecule has 2 aromatic rings. The summed E-state index contributed by atoms with van der Waals surface area (Å²) in [6.45, 7) is 1.47. The number of aliphatic hydroxyl groups is 1. The highest BCUT2D eigenvalue weighted by Gasteiger charge is 2.08. The van der Waals surface area contributed by atoms with E-state index in [1.165, 1.54) is 5.56 Å². The van der Waals surface area contributed by atoms with Gasteiger partial charge in [0.25, 0.3) is 0 Å². The van der Waals surface area contributed by atoms with Crippen LogP contribution in [0.25, 0.3) is 0 Å². The van der Waals surface area contributed by atoms with Gasteiger partial charge in [-0.25, -0.2) is 0 Å². The summed E-state index contributed by atoms with van der Waals surface area (Å²) in [5.41, 5.74) is 1.31. The van der Waals surface area contributed by atoms with Crippen LogP contribution in [0, 0.1) is 0 Å². The first kappa shape index (κ1) is 16.6. The van der Waals surface area contributed by atoms with Crippen molar-refractivity contribution < 1.29 is 9.84 Å². The number of rotatable bonds is 8. The third kappa shape index (κ3) is 5.85. The number of hydrogen-bond acceptors (Lipinski definition) is 4. The van der Waals surface area contributed by atoms with Gasteiger partial charge in [0, 0.05) is 17.6 Å². The predicted octanol–water partition coefficient (Wildman–Crippen LogP) is 3.63. The van der Waals surface area contributed by atoms with Gasteiger partial charge in [-0.05, 0) is 47.5 Å². The van der Waals surface area contributed by atoms with Gasteiger partial charge >= 0.3 is 0 Å². The molecule has 1 aromatic heterocycles. The molecule has 0 bridgehead atoms. The first-order valence-electron chi connectivity index (χ1n) is 6.63. The lowest BCUT2D eigenvalue weighted by molar-refractivity contribution is 0.107. The number of ether oxygens (including phenoxy) is 1. The topological polar surface area (TPSA) is 41.5 Å². The SMILES string of the molecule is OC(CNCCc1ccsc1)COc1cc(Cl)ccc1Cl. The number of benzene rings is 1. The van der Waals surface area contributed by atoms with Gasteiger partial charge in [0.15, 0.2) is 0 Å². The summed E-state index contributed by atoms with van der Waals surface area (Å²) < 4.78 is 5.48. The highest BCUT2D eigenvalue weighted by molar-refractivity contribution is 7.07. The van der Waals surface area contributed by atoms with E-state index in [1.807, 2.05) is 0 Å². The Morgan fingerprint density at radius 2 is 2.14 bits per heavy atom. The van der Waals surface area contributed by atoms with E-state index in [2.05, 4.69) is 22.1 Å². The number of aliphatic hydroxyl groups excluding tert-OH is 1. The Hall–Kier alpha value is -0.780. The molecule has 21 heavy (non-hydrogen) atoms. The van der Waals surface area contributed by atoms with E-state index < -0.39 is 6.10 Å². The van der Waals surface area contributed by atoms with Crippen molar-refractivity contribution in [2.45, 2.75) is 12.5 Å². The second kappa shape index (κ2) is 8.61. The van der Waals surface area contributed by atoms with Gasteiger partial charge in [0.1, 0.15) is 18.5 Å². The van der Waals surface area contributed by atoms with Gasteiger partial charge < -0.3 is 15.2 Å². The fourth-order valence-electron chi connectivity index (χ4n) is 1.77. The highest BCUT2D eigenvalue weighted by Crippen LogP contribution is 2.27. The largest absolute Gasteiger partial charge is 0.489 e. The summed E-state index contributed by atoms with van der Waals surface area (Å²) in [6, 6.07) is 7.11. The summed E-state index contributed by atoms with van der Waals surface area (Å²) in [7, 11) is 0. The van der Waals surface area contributed by atoms with Crippen molar-refractivity contribution in [2.75, 3.05) is 19.7 Å². The molecule has 2 rings (SSSR count). The Kier molecular flexibility index (Phi) is 6.80. The minimum atomic E-state index is -0.595. The zero-order chi connectivity index (χ0) is 15.1. The molecular formula is C15H17Cl2NO2S. The molecule has 0 aliphatic rings. The molecule has 1 atom stereocenters. The summed E-state index contributed by atoms with van der Waals surface area (Å²) >= 11 is 13.5. The number of halogens is 2. The molecule has 0 aliphatic carbocycles. The molecule has 0 saturated carbocycles. The van der Waals surface area contributed by atoms with Crippen LogP contribution in [-0.4, -0.2) is 30.9 Å². The Morgan fingerprint density at radius 1 is 1.29 bits per heavy atom. The summed E-state index contributed by atoms with van der Waals surface area (Å²) in [6.07, 6.45) is 0.361. The molecule has 0 amide bonds. The molecule has 2 N–H and O–H groups in total. The van der Waals surface area contributed by atoms with Crippen molar-refractivity contribution in [3.05, 3.63) is 50.6 Å². The predicted molar refractivity (Wildman–Crippen MR) is 88.9 cm³/mol. The zero-order valence-electron chi connectivity index (χ0n) is 11.4. The summed E-state index contributed by atoms with van der Waals surface area (Å²) in [5, 5.41) is 18.3. The number of hydrogen-bond donors (Lipinski definition) is 2. The second-order valence-corrected chi connectivity index (χ2v) is 6.25. The molecule has 1 unspecified atom stereocenters. The molecular weight excluding hydrogens is 329 g/mol. The molecule has 114 valence electrons. The van der Waals surface area contributed by atoms with Crippen LogP contribution in [0.5, 0.6) is 5.75 Å². The number of thiophene rings is 1. The molecule has 1 aromatic carbocycles. The second-order valence-electron chi connectivity index (χ2n) is 4.63. The summed E-state index contributed by atoms with van der Waals surface area (Å²) in [5.74, 6) is 0.487. The van der Waals surface area contributed by atoms with Crippen molar-refractivity contribution in [1.82, 2.24) is 5.32 Å². The van der Waals surface area contributed by atoms with E-state index in [-0.39, 0.29) is 6.61 Å². The van der Waals surface area contributed by atoms with E-state index in [0.29, 0.717) is 22.3 Å². The Labute approximate surface area is 138 Å². The van der Waals surface area contributed by atoms with E-state index in [9.17, 15) is 5.11 Å². The van der Waals surface area contributed by atoms with Crippen molar-refractivity contribution in [3.63, 3.8) is 0 Å². The normalized spacial score (nSPS) is 12.3. The minimum absolute atomic E-state index is 0.172. The molecule has 6 heteroatoms. The van der Waals surface area contributed by atoms with Gasteiger partial charge in [-0.1, -0.05) is 23.2 Å². The Bertz CT molecular complexity index is 549.